The summed E-state index contributed by atoms with van der Waals surface area (Å²) in [5, 5.41) is 9.37. The Morgan fingerprint density at radius 3 is 3.00 bits per heavy atom. The molecule has 5 nitrogen and oxygen atoms in total. The number of aliphatic hydroxyl groups excluding tert-OH is 1. The average Bonchev–Trinajstić information content (AvgIpc) is 2.78. The molecule has 2 aliphatic heterocycles. The third-order valence-corrected chi connectivity index (χ3v) is 3.58. The predicted molar refractivity (Wildman–Crippen MR) is 64.7 cm³/mol. The molecule has 2 heterocycles. The van der Waals surface area contributed by atoms with Crippen molar-refractivity contribution < 1.29 is 19.4 Å². The van der Waals surface area contributed by atoms with Gasteiger partial charge in [-0.15, -0.1) is 0 Å². The first kappa shape index (κ1) is 13.1. The Morgan fingerprint density at radius 2 is 2.39 bits per heavy atom. The summed E-state index contributed by atoms with van der Waals surface area (Å²) in [4.78, 5) is 25.6. The van der Waals surface area contributed by atoms with Crippen molar-refractivity contribution in [3.8, 4) is 0 Å². The van der Waals surface area contributed by atoms with E-state index in [2.05, 4.69) is 0 Å². The highest BCUT2D eigenvalue weighted by atomic mass is 16.5. The smallest absolute Gasteiger partial charge is 0.332 e. The minimum absolute atomic E-state index is 0.00274. The van der Waals surface area contributed by atoms with Gasteiger partial charge in [-0.3, -0.25) is 4.79 Å². The maximum Gasteiger partial charge on any atom is 0.332 e. The summed E-state index contributed by atoms with van der Waals surface area (Å²) in [6.07, 6.45) is 2.56. The molecule has 0 aromatic rings. The van der Waals surface area contributed by atoms with Crippen LogP contribution < -0.4 is 0 Å². The van der Waals surface area contributed by atoms with E-state index in [4.69, 9.17) is 4.74 Å². The van der Waals surface area contributed by atoms with E-state index in [1.807, 2.05) is 0 Å². The SMILES string of the molecule is CCOC(=O)[C@@]12CCC(=O)N1C/C(=C\C(C)O)C2. The summed E-state index contributed by atoms with van der Waals surface area (Å²) in [6.45, 7) is 4.17. The zero-order valence-electron chi connectivity index (χ0n) is 10.8. The molecule has 5 heteroatoms. The molecule has 0 aromatic carbocycles. The molecule has 0 radical (unpaired) electrons. The minimum Gasteiger partial charge on any atom is -0.464 e. The molecule has 0 aliphatic carbocycles. The standard InChI is InChI=1S/C13H19NO4/c1-3-18-12(17)13-5-4-11(16)14(13)8-10(7-13)6-9(2)15/h6,9,15H,3-5,7-8H2,1-2H3/b10-6-/t9?,13-/m0/s1. The lowest BCUT2D eigenvalue weighted by atomic mass is 9.92. The van der Waals surface area contributed by atoms with E-state index in [9.17, 15) is 14.7 Å². The minimum atomic E-state index is -0.812. The Hall–Kier alpha value is -1.36. The third-order valence-electron chi connectivity index (χ3n) is 3.58. The van der Waals surface area contributed by atoms with Crippen molar-refractivity contribution in [1.82, 2.24) is 4.90 Å². The number of esters is 1. The lowest BCUT2D eigenvalue weighted by Crippen LogP contribution is -2.48. The summed E-state index contributed by atoms with van der Waals surface area (Å²) in [5.41, 5.74) is 0.125. The molecule has 1 amide bonds. The number of ether oxygens (including phenoxy) is 1. The van der Waals surface area contributed by atoms with Crippen molar-refractivity contribution in [3.63, 3.8) is 0 Å². The molecular weight excluding hydrogens is 234 g/mol. The van der Waals surface area contributed by atoms with Crippen LogP contribution in [0, 0.1) is 0 Å². The Balaban J connectivity index is 2.26. The molecule has 2 fully saturated rings. The fourth-order valence-electron chi connectivity index (χ4n) is 2.88. The second kappa shape index (κ2) is 4.72. The second-order valence-corrected chi connectivity index (χ2v) is 4.97. The molecule has 0 saturated carbocycles. The van der Waals surface area contributed by atoms with Gasteiger partial charge in [0.15, 0.2) is 0 Å². The Bertz CT molecular complexity index is 402. The van der Waals surface area contributed by atoms with Gasteiger partial charge in [0.1, 0.15) is 5.54 Å². The van der Waals surface area contributed by atoms with Crippen molar-refractivity contribution in [2.75, 3.05) is 13.2 Å². The zero-order chi connectivity index (χ0) is 13.3. The number of rotatable bonds is 3. The number of nitrogens with zero attached hydrogens (tertiary/aromatic N) is 1. The van der Waals surface area contributed by atoms with Crippen LogP contribution in [0.2, 0.25) is 0 Å². The van der Waals surface area contributed by atoms with E-state index in [1.165, 1.54) is 0 Å². The molecule has 18 heavy (non-hydrogen) atoms. The number of aliphatic hydroxyl groups is 1. The summed E-state index contributed by atoms with van der Waals surface area (Å²) in [5.74, 6) is -0.318. The van der Waals surface area contributed by atoms with Gasteiger partial charge in [0, 0.05) is 19.4 Å². The van der Waals surface area contributed by atoms with E-state index >= 15 is 0 Å². The van der Waals surface area contributed by atoms with Gasteiger partial charge in [-0.25, -0.2) is 4.79 Å². The van der Waals surface area contributed by atoms with Gasteiger partial charge in [-0.2, -0.15) is 0 Å². The van der Waals surface area contributed by atoms with Crippen molar-refractivity contribution in [2.45, 2.75) is 44.8 Å². The summed E-state index contributed by atoms with van der Waals surface area (Å²) in [7, 11) is 0. The van der Waals surface area contributed by atoms with Crippen molar-refractivity contribution >= 4 is 11.9 Å². The maximum atomic E-state index is 12.1. The molecule has 1 unspecified atom stereocenters. The van der Waals surface area contributed by atoms with E-state index in [0.717, 1.165) is 5.57 Å². The monoisotopic (exact) mass is 253 g/mol. The molecular formula is C13H19NO4. The number of hydrogen-bond acceptors (Lipinski definition) is 4. The van der Waals surface area contributed by atoms with Crippen LogP contribution in [-0.2, 0) is 14.3 Å². The van der Waals surface area contributed by atoms with Gasteiger partial charge in [0.05, 0.1) is 12.7 Å². The van der Waals surface area contributed by atoms with E-state index in [-0.39, 0.29) is 11.9 Å². The van der Waals surface area contributed by atoms with Gasteiger partial charge in [0.2, 0.25) is 5.91 Å². The molecule has 2 atom stereocenters. The van der Waals surface area contributed by atoms with Gasteiger partial charge in [-0.05, 0) is 25.8 Å². The quantitative estimate of drug-likeness (QED) is 0.591. The maximum absolute atomic E-state index is 12.1. The van der Waals surface area contributed by atoms with Crippen LogP contribution in [-0.4, -0.2) is 46.7 Å². The summed E-state index contributed by atoms with van der Waals surface area (Å²) >= 11 is 0. The van der Waals surface area contributed by atoms with E-state index in [0.29, 0.717) is 32.4 Å². The summed E-state index contributed by atoms with van der Waals surface area (Å²) in [6, 6.07) is 0. The fraction of sp³-hybridized carbons (Fsp3) is 0.692. The van der Waals surface area contributed by atoms with Gasteiger partial charge in [0.25, 0.3) is 0 Å². The van der Waals surface area contributed by atoms with E-state index in [1.54, 1.807) is 24.8 Å². The Kier molecular flexibility index (Phi) is 3.43. The van der Waals surface area contributed by atoms with Crippen LogP contribution in [0.1, 0.15) is 33.1 Å². The van der Waals surface area contributed by atoms with Crippen LogP contribution in [0.3, 0.4) is 0 Å². The Labute approximate surface area is 106 Å². The highest BCUT2D eigenvalue weighted by molar-refractivity contribution is 5.93. The largest absolute Gasteiger partial charge is 0.464 e. The highest BCUT2D eigenvalue weighted by Crippen LogP contribution is 2.42. The van der Waals surface area contributed by atoms with Crippen molar-refractivity contribution in [1.29, 1.82) is 0 Å². The molecule has 0 bridgehead atoms. The number of carbonyl (C=O) groups is 2. The van der Waals surface area contributed by atoms with Crippen LogP contribution in [0.25, 0.3) is 0 Å². The van der Waals surface area contributed by atoms with Crippen LogP contribution >= 0.6 is 0 Å². The highest BCUT2D eigenvalue weighted by Gasteiger charge is 2.56. The third kappa shape index (κ3) is 2.03. The molecule has 1 N–H and O–H groups in total. The number of fused-ring (bicyclic) bond motifs is 1. The number of carbonyl (C=O) groups excluding carboxylic acids is 2. The molecule has 2 rings (SSSR count). The first-order chi connectivity index (χ1) is 8.49. The van der Waals surface area contributed by atoms with Crippen molar-refractivity contribution in [3.05, 3.63) is 11.6 Å². The van der Waals surface area contributed by atoms with Crippen LogP contribution in [0.4, 0.5) is 0 Å². The Morgan fingerprint density at radius 1 is 1.67 bits per heavy atom. The average molecular weight is 253 g/mol. The second-order valence-electron chi connectivity index (χ2n) is 4.97. The topological polar surface area (TPSA) is 66.8 Å². The molecule has 0 aromatic heterocycles. The van der Waals surface area contributed by atoms with Crippen LogP contribution in [0.5, 0.6) is 0 Å². The van der Waals surface area contributed by atoms with Gasteiger partial charge < -0.3 is 14.7 Å². The first-order valence-electron chi connectivity index (χ1n) is 6.35. The predicted octanol–water partition coefficient (Wildman–Crippen LogP) is 0.622. The van der Waals surface area contributed by atoms with Crippen LogP contribution in [0.15, 0.2) is 11.6 Å². The van der Waals surface area contributed by atoms with Gasteiger partial charge >= 0.3 is 5.97 Å². The van der Waals surface area contributed by atoms with Gasteiger partial charge in [-0.1, -0.05) is 6.08 Å². The van der Waals surface area contributed by atoms with E-state index < -0.39 is 11.6 Å². The number of hydrogen-bond donors (Lipinski definition) is 1. The fourth-order valence-corrected chi connectivity index (χ4v) is 2.88. The lowest BCUT2D eigenvalue weighted by molar-refractivity contribution is -0.157. The molecule has 100 valence electrons. The zero-order valence-corrected chi connectivity index (χ0v) is 10.8. The lowest BCUT2D eigenvalue weighted by Gasteiger charge is -2.28. The normalized spacial score (nSPS) is 30.7. The number of amides is 1. The summed E-state index contributed by atoms with van der Waals surface area (Å²) < 4.78 is 5.11. The molecule has 2 saturated heterocycles. The molecule has 0 spiro atoms. The first-order valence-corrected chi connectivity index (χ1v) is 6.35. The molecule has 2 aliphatic rings. The van der Waals surface area contributed by atoms with Crippen molar-refractivity contribution in [2.24, 2.45) is 0 Å².